The predicted molar refractivity (Wildman–Crippen MR) is 137 cm³/mol. The molecule has 0 bridgehead atoms. The topological polar surface area (TPSA) is 101 Å². The zero-order chi connectivity index (χ0) is 27.8. The van der Waals surface area contributed by atoms with Gasteiger partial charge in [-0.1, -0.05) is 65.3 Å². The van der Waals surface area contributed by atoms with Gasteiger partial charge in [-0.3, -0.25) is 4.79 Å². The van der Waals surface area contributed by atoms with Crippen molar-refractivity contribution in [2.75, 3.05) is 0 Å². The maximum absolute atomic E-state index is 11.9. The van der Waals surface area contributed by atoms with E-state index < -0.39 is 29.0 Å². The number of aliphatic hydroxyl groups is 2. The van der Waals surface area contributed by atoms with Crippen LogP contribution in [0.25, 0.3) is 0 Å². The third-order valence-corrected chi connectivity index (χ3v) is 11.0. The van der Waals surface area contributed by atoms with Gasteiger partial charge in [-0.05, 0) is 79.4 Å². The molecule has 3 saturated carbocycles. The zero-order valence-corrected chi connectivity index (χ0v) is 26.2. The minimum atomic E-state index is -2.08. The molecule has 0 aromatic heterocycles. The molecule has 10 atom stereocenters. The molecule has 4 aliphatic rings. The van der Waals surface area contributed by atoms with Crippen molar-refractivity contribution >= 4 is 5.97 Å². The number of carbonyl (C=O) groups excluding carboxylic acids is 1. The van der Waals surface area contributed by atoms with Gasteiger partial charge in [0.1, 0.15) is 17.8 Å². The van der Waals surface area contributed by atoms with Gasteiger partial charge in [0.25, 0.3) is 0 Å². The van der Waals surface area contributed by atoms with Crippen molar-refractivity contribution in [3.63, 3.8) is 0 Å². The molecule has 0 heterocycles. The van der Waals surface area contributed by atoms with Gasteiger partial charge < -0.3 is 14.9 Å². The van der Waals surface area contributed by atoms with E-state index in [9.17, 15) is 15.0 Å². The first kappa shape index (κ1) is 30.6. The molecule has 2 N–H and O–H groups in total. The fraction of sp³-hybridized carbons (Fsp3) is 0.833. The summed E-state index contributed by atoms with van der Waals surface area (Å²) in [5.74, 6) is 2.93. The van der Waals surface area contributed by atoms with Crippen LogP contribution in [-0.2, 0) is 33.9 Å². The first-order chi connectivity index (χ1) is 17.2. The van der Waals surface area contributed by atoms with E-state index in [1.165, 1.54) is 31.8 Å². The molecule has 4 rings (SSSR count). The van der Waals surface area contributed by atoms with Gasteiger partial charge in [-0.15, -0.1) is 0 Å². The van der Waals surface area contributed by atoms with Crippen LogP contribution >= 0.6 is 0 Å². The van der Waals surface area contributed by atoms with Crippen LogP contribution in [0.2, 0.25) is 0 Å². The first-order valence-corrected chi connectivity index (χ1v) is 16.2. The molecule has 6 nitrogen and oxygen atoms in total. The second-order valence-corrected chi connectivity index (χ2v) is 13.6. The third kappa shape index (κ3) is 5.57. The van der Waals surface area contributed by atoms with Gasteiger partial charge in [0.05, 0.1) is 0 Å². The summed E-state index contributed by atoms with van der Waals surface area (Å²) >= 11 is -2.08. The SMILES string of the molecule is CC(=O)OC1CCC2(C)C3CCC4(C)C(CCC4C(C)C=CC(C)C(C)C)C3=CC(O)C2(O)C1.[O]=[Os]=[O]. The molecule has 7 heteroatoms. The summed E-state index contributed by atoms with van der Waals surface area (Å²) in [4.78, 5) is 11.5. The number of esters is 1. The number of fused-ring (bicyclic) bond motifs is 5. The van der Waals surface area contributed by atoms with Crippen LogP contribution in [0.4, 0.5) is 0 Å². The van der Waals surface area contributed by atoms with Crippen LogP contribution in [0.1, 0.15) is 93.4 Å². The van der Waals surface area contributed by atoms with E-state index in [1.54, 1.807) is 0 Å². The fourth-order valence-corrected chi connectivity index (χ4v) is 8.47. The van der Waals surface area contributed by atoms with E-state index in [0.717, 1.165) is 19.3 Å². The van der Waals surface area contributed by atoms with Crippen molar-refractivity contribution in [3.8, 4) is 0 Å². The molecule has 0 aromatic rings. The number of ether oxygens (including phenoxy) is 1. The molecule has 0 saturated heterocycles. The summed E-state index contributed by atoms with van der Waals surface area (Å²) in [6.07, 6.45) is 12.2. The molecule has 0 aliphatic heterocycles. The Morgan fingerprint density at radius 3 is 2.30 bits per heavy atom. The van der Waals surface area contributed by atoms with Crippen LogP contribution in [0.3, 0.4) is 0 Å². The Morgan fingerprint density at radius 2 is 1.70 bits per heavy atom. The fourth-order valence-electron chi connectivity index (χ4n) is 8.47. The van der Waals surface area contributed by atoms with Crippen molar-refractivity contribution in [2.45, 2.75) is 111 Å². The van der Waals surface area contributed by atoms with Gasteiger partial charge >= 0.3 is 30.4 Å². The standard InChI is InChI=1S/C30H48O4.2O.Os/c1-18(2)19(3)8-9-20(4)24-10-11-25-23-16-27(32)30(33)17-22(34-21(5)31)12-15-29(30,7)26(23)13-14-28(24,25)6;;;/h8-9,16,18-20,22,24-27,32-33H,10-15,17H2,1-7H3;;;. The molecule has 0 amide bonds. The zero-order valence-electron chi connectivity index (χ0n) is 23.7. The van der Waals surface area contributed by atoms with Crippen LogP contribution < -0.4 is 0 Å². The summed E-state index contributed by atoms with van der Waals surface area (Å²) in [5.41, 5.74) is 0.0285. The number of hydrogen-bond acceptors (Lipinski definition) is 6. The Balaban J connectivity index is 0.00000121. The van der Waals surface area contributed by atoms with Gasteiger partial charge in [-0.25, -0.2) is 0 Å². The molecular weight excluding hydrogens is 647 g/mol. The Labute approximate surface area is 231 Å². The van der Waals surface area contributed by atoms with Crippen LogP contribution in [0.15, 0.2) is 23.8 Å². The normalized spacial score (nSPS) is 42.5. The number of aliphatic hydroxyl groups excluding tert-OH is 1. The molecular formula is C30H48O6Os. The Morgan fingerprint density at radius 1 is 1.05 bits per heavy atom. The van der Waals surface area contributed by atoms with Crippen molar-refractivity contribution in [2.24, 2.45) is 46.3 Å². The van der Waals surface area contributed by atoms with Crippen molar-refractivity contribution in [1.82, 2.24) is 0 Å². The maximum atomic E-state index is 11.9. The Kier molecular flexibility index (Phi) is 9.68. The molecule has 0 radical (unpaired) electrons. The second-order valence-electron chi connectivity index (χ2n) is 13.2. The van der Waals surface area contributed by atoms with Crippen molar-refractivity contribution in [1.29, 1.82) is 0 Å². The summed E-state index contributed by atoms with van der Waals surface area (Å²) in [6, 6.07) is 0. The molecule has 4 aliphatic carbocycles. The first-order valence-electron chi connectivity index (χ1n) is 14.1. The summed E-state index contributed by atoms with van der Waals surface area (Å²) < 4.78 is 22.5. The van der Waals surface area contributed by atoms with E-state index in [2.05, 4.69) is 53.7 Å². The van der Waals surface area contributed by atoms with Crippen LogP contribution in [0.5, 0.6) is 0 Å². The van der Waals surface area contributed by atoms with Gasteiger partial charge in [0.2, 0.25) is 0 Å². The van der Waals surface area contributed by atoms with Crippen LogP contribution in [0, 0.1) is 46.3 Å². The number of allylic oxidation sites excluding steroid dienone is 3. The van der Waals surface area contributed by atoms with E-state index in [-0.39, 0.29) is 22.9 Å². The Hall–Kier alpha value is -0.894. The monoisotopic (exact) mass is 696 g/mol. The van der Waals surface area contributed by atoms with E-state index in [1.807, 2.05) is 6.08 Å². The average molecular weight is 695 g/mol. The average Bonchev–Trinajstić information content (AvgIpc) is 3.17. The Bertz CT molecular complexity index is 938. The minimum absolute atomic E-state index is 0.244. The summed E-state index contributed by atoms with van der Waals surface area (Å²) in [6.45, 7) is 15.4. The number of carbonyl (C=O) groups is 1. The molecule has 3 fully saturated rings. The van der Waals surface area contributed by atoms with Gasteiger partial charge in [0.15, 0.2) is 0 Å². The van der Waals surface area contributed by atoms with E-state index in [0.29, 0.717) is 41.9 Å². The number of rotatable bonds is 5. The van der Waals surface area contributed by atoms with Crippen molar-refractivity contribution < 1.29 is 44.1 Å². The second kappa shape index (κ2) is 11.7. The van der Waals surface area contributed by atoms with Gasteiger partial charge in [0, 0.05) is 18.8 Å². The third-order valence-electron chi connectivity index (χ3n) is 11.0. The van der Waals surface area contributed by atoms with E-state index >= 15 is 0 Å². The molecule has 0 spiro atoms. The quantitative estimate of drug-likeness (QED) is 0.278. The summed E-state index contributed by atoms with van der Waals surface area (Å²) in [5, 5.41) is 23.2. The van der Waals surface area contributed by atoms with Crippen LogP contribution in [-0.4, -0.2) is 34.0 Å². The predicted octanol–water partition coefficient (Wildman–Crippen LogP) is 5.83. The molecule has 10 unspecified atom stereocenters. The van der Waals surface area contributed by atoms with E-state index in [4.69, 9.17) is 11.8 Å². The number of hydrogen-bond donors (Lipinski definition) is 2. The molecule has 37 heavy (non-hydrogen) atoms. The molecule has 212 valence electrons. The van der Waals surface area contributed by atoms with Crippen molar-refractivity contribution in [3.05, 3.63) is 23.8 Å². The molecule has 0 aromatic carbocycles. The summed E-state index contributed by atoms with van der Waals surface area (Å²) in [7, 11) is 0. The van der Waals surface area contributed by atoms with Gasteiger partial charge in [-0.2, -0.15) is 0 Å².